The molecule has 0 atom stereocenters. The van der Waals surface area contributed by atoms with Crippen LogP contribution in [-0.4, -0.2) is 34.2 Å². The topological polar surface area (TPSA) is 108 Å². The first-order valence-electron chi connectivity index (χ1n) is 9.73. The quantitative estimate of drug-likeness (QED) is 0.291. The maximum atomic E-state index is 13.7. The van der Waals surface area contributed by atoms with Crippen LogP contribution < -0.4 is 20.5 Å². The number of methoxy groups -OCH3 is 2. The molecule has 0 aliphatic heterocycles. The average molecular weight is 510 g/mol. The molecule has 0 aliphatic rings. The van der Waals surface area contributed by atoms with E-state index in [9.17, 15) is 26.3 Å². The van der Waals surface area contributed by atoms with Crippen LogP contribution in [0.25, 0.3) is 11.3 Å². The first-order chi connectivity index (χ1) is 17.1. The zero-order valence-corrected chi connectivity index (χ0v) is 18.5. The molecule has 4 rings (SSSR count). The van der Waals surface area contributed by atoms with Gasteiger partial charge in [-0.15, -0.1) is 0 Å². The van der Waals surface area contributed by atoms with Gasteiger partial charge in [-0.05, 0) is 12.1 Å². The molecule has 0 saturated heterocycles. The second-order valence-corrected chi connectivity index (χ2v) is 6.70. The summed E-state index contributed by atoms with van der Waals surface area (Å²) in [5.41, 5.74) is 5.90. The number of hydrogen-bond acceptors (Lipinski definition) is 8. The van der Waals surface area contributed by atoms with E-state index in [1.807, 2.05) is 0 Å². The normalized spacial score (nSPS) is 10.3. The van der Waals surface area contributed by atoms with Crippen molar-refractivity contribution in [1.82, 2.24) is 19.9 Å². The number of ether oxygens (including phenoxy) is 2. The van der Waals surface area contributed by atoms with Crippen LogP contribution in [0.1, 0.15) is 0 Å². The number of nitrogens with zero attached hydrogens (tertiary/aromatic N) is 4. The number of nitrogens with two attached hydrogens (primary N) is 1. The summed E-state index contributed by atoms with van der Waals surface area (Å²) >= 11 is 0. The van der Waals surface area contributed by atoms with Crippen LogP contribution in [0.15, 0.2) is 42.7 Å². The highest BCUT2D eigenvalue weighted by atomic mass is 19.2. The van der Waals surface area contributed by atoms with Crippen LogP contribution in [-0.2, 0) is 0 Å². The van der Waals surface area contributed by atoms with Gasteiger partial charge in [-0.2, -0.15) is 18.7 Å². The molecular formula is C22H16F6N6O2. The van der Waals surface area contributed by atoms with Gasteiger partial charge in [-0.1, -0.05) is 0 Å². The summed E-state index contributed by atoms with van der Waals surface area (Å²) in [6.45, 7) is 0. The van der Waals surface area contributed by atoms with E-state index in [1.54, 1.807) is 18.2 Å². The van der Waals surface area contributed by atoms with E-state index in [-0.39, 0.29) is 5.82 Å². The van der Waals surface area contributed by atoms with Gasteiger partial charge in [-0.3, -0.25) is 0 Å². The smallest absolute Gasteiger partial charge is 0.251 e. The standard InChI is InChI=1S/C17H13F3N4O2.C5H3F3N2/c1-25-9-3-4-10(14(5-9)26-2)13-7-15(22-8-21-13)23-17-12(19)6-11(18)16(20)24-17;6-2-1-3(7)5(9)10-4(2)8/h3-8H,1-2H3,(H,21,22,23,24);1H,(H2,9,10). The minimum Gasteiger partial charge on any atom is -0.497 e. The Kier molecular flexibility index (Phi) is 8.09. The largest absolute Gasteiger partial charge is 0.497 e. The van der Waals surface area contributed by atoms with Crippen LogP contribution in [0, 0.1) is 35.2 Å². The van der Waals surface area contributed by atoms with E-state index in [4.69, 9.17) is 15.2 Å². The fraction of sp³-hybridized carbons (Fsp3) is 0.0909. The summed E-state index contributed by atoms with van der Waals surface area (Å²) < 4.78 is 86.6. The number of nitrogens with one attached hydrogen (secondary N) is 1. The van der Waals surface area contributed by atoms with Crippen molar-refractivity contribution in [1.29, 1.82) is 0 Å². The third-order valence-corrected chi connectivity index (χ3v) is 4.40. The summed E-state index contributed by atoms with van der Waals surface area (Å²) in [4.78, 5) is 14.0. The number of rotatable bonds is 5. The van der Waals surface area contributed by atoms with Crippen molar-refractivity contribution in [3.63, 3.8) is 0 Å². The van der Waals surface area contributed by atoms with E-state index >= 15 is 0 Å². The van der Waals surface area contributed by atoms with Crippen molar-refractivity contribution in [3.05, 3.63) is 77.9 Å². The van der Waals surface area contributed by atoms with Crippen molar-refractivity contribution in [2.45, 2.75) is 0 Å². The lowest BCUT2D eigenvalue weighted by Gasteiger charge is -2.11. The molecule has 3 N–H and O–H groups in total. The fourth-order valence-corrected chi connectivity index (χ4v) is 2.69. The average Bonchev–Trinajstić information content (AvgIpc) is 2.86. The van der Waals surface area contributed by atoms with Gasteiger partial charge in [0.1, 0.15) is 23.6 Å². The summed E-state index contributed by atoms with van der Waals surface area (Å²) in [5, 5.41) is 2.50. The maximum Gasteiger partial charge on any atom is 0.251 e. The predicted octanol–water partition coefficient (Wildman–Crippen LogP) is 4.80. The summed E-state index contributed by atoms with van der Waals surface area (Å²) in [6.07, 6.45) is 1.24. The van der Waals surface area contributed by atoms with Gasteiger partial charge in [-0.25, -0.2) is 27.5 Å². The molecule has 0 aliphatic carbocycles. The Labute approximate surface area is 199 Å². The molecule has 4 aromatic rings. The SMILES string of the molecule is COc1ccc(-c2cc(Nc3nc(F)c(F)cc3F)ncn2)c(OC)c1.Nc1nc(F)c(F)cc1F. The monoisotopic (exact) mass is 510 g/mol. The van der Waals surface area contributed by atoms with Crippen LogP contribution in [0.4, 0.5) is 43.8 Å². The van der Waals surface area contributed by atoms with Crippen LogP contribution in [0.3, 0.4) is 0 Å². The molecule has 0 bridgehead atoms. The highest BCUT2D eigenvalue weighted by Crippen LogP contribution is 2.33. The van der Waals surface area contributed by atoms with Crippen LogP contribution in [0.2, 0.25) is 0 Å². The van der Waals surface area contributed by atoms with E-state index in [2.05, 4.69) is 25.3 Å². The Balaban J connectivity index is 0.000000303. The highest BCUT2D eigenvalue weighted by Gasteiger charge is 2.14. The summed E-state index contributed by atoms with van der Waals surface area (Å²) in [6, 6.07) is 7.38. The molecule has 3 aromatic heterocycles. The van der Waals surface area contributed by atoms with E-state index < -0.39 is 46.8 Å². The molecule has 0 saturated carbocycles. The van der Waals surface area contributed by atoms with Gasteiger partial charge >= 0.3 is 0 Å². The number of pyridine rings is 2. The predicted molar refractivity (Wildman–Crippen MR) is 116 cm³/mol. The summed E-state index contributed by atoms with van der Waals surface area (Å²) in [5.74, 6) is -7.51. The van der Waals surface area contributed by atoms with Gasteiger partial charge < -0.3 is 20.5 Å². The molecular weight excluding hydrogens is 494 g/mol. The number of halogens is 6. The number of anilines is 3. The molecule has 36 heavy (non-hydrogen) atoms. The maximum absolute atomic E-state index is 13.7. The van der Waals surface area contributed by atoms with Crippen molar-refractivity contribution >= 4 is 17.5 Å². The highest BCUT2D eigenvalue weighted by molar-refractivity contribution is 5.71. The summed E-state index contributed by atoms with van der Waals surface area (Å²) in [7, 11) is 3.03. The molecule has 1 aromatic carbocycles. The second-order valence-electron chi connectivity index (χ2n) is 6.70. The third-order valence-electron chi connectivity index (χ3n) is 4.40. The first kappa shape index (κ1) is 26.0. The molecule has 3 heterocycles. The zero-order valence-electron chi connectivity index (χ0n) is 18.5. The Morgan fingerprint density at radius 1 is 0.750 bits per heavy atom. The van der Waals surface area contributed by atoms with E-state index in [0.29, 0.717) is 34.9 Å². The number of benzene rings is 1. The van der Waals surface area contributed by atoms with Crippen molar-refractivity contribution in [3.8, 4) is 22.8 Å². The lowest BCUT2D eigenvalue weighted by atomic mass is 10.1. The number of nitrogen functional groups attached to an aromatic ring is 1. The van der Waals surface area contributed by atoms with E-state index in [0.717, 1.165) is 0 Å². The third kappa shape index (κ3) is 6.08. The molecule has 188 valence electrons. The Bertz CT molecular complexity index is 1340. The van der Waals surface area contributed by atoms with Crippen molar-refractivity contribution < 1.29 is 35.8 Å². The number of hydrogen-bond donors (Lipinski definition) is 2. The second kappa shape index (κ2) is 11.2. The van der Waals surface area contributed by atoms with Crippen LogP contribution in [0.5, 0.6) is 11.5 Å². The zero-order chi connectivity index (χ0) is 26.4. The minimum atomic E-state index is -1.42. The van der Waals surface area contributed by atoms with E-state index in [1.165, 1.54) is 26.6 Å². The fourth-order valence-electron chi connectivity index (χ4n) is 2.69. The lowest BCUT2D eigenvalue weighted by Crippen LogP contribution is -2.03. The minimum absolute atomic E-state index is 0.144. The van der Waals surface area contributed by atoms with Crippen LogP contribution >= 0.6 is 0 Å². The molecule has 8 nitrogen and oxygen atoms in total. The molecule has 0 spiro atoms. The molecule has 0 fully saturated rings. The lowest BCUT2D eigenvalue weighted by molar-refractivity contribution is 0.395. The van der Waals surface area contributed by atoms with Gasteiger partial charge in [0.2, 0.25) is 0 Å². The van der Waals surface area contributed by atoms with Gasteiger partial charge in [0.25, 0.3) is 11.9 Å². The molecule has 0 unspecified atom stereocenters. The Hall–Kier alpha value is -4.62. The first-order valence-corrected chi connectivity index (χ1v) is 9.73. The van der Waals surface area contributed by atoms with Gasteiger partial charge in [0.15, 0.2) is 34.9 Å². The van der Waals surface area contributed by atoms with Crippen molar-refractivity contribution in [2.75, 3.05) is 25.3 Å². The molecule has 0 radical (unpaired) electrons. The molecule has 14 heteroatoms. The Morgan fingerprint density at radius 3 is 2.06 bits per heavy atom. The molecule has 0 amide bonds. The Morgan fingerprint density at radius 2 is 1.42 bits per heavy atom. The van der Waals surface area contributed by atoms with Gasteiger partial charge in [0.05, 0.1) is 19.9 Å². The van der Waals surface area contributed by atoms with Gasteiger partial charge in [0, 0.05) is 29.8 Å². The van der Waals surface area contributed by atoms with Crippen molar-refractivity contribution in [2.24, 2.45) is 0 Å². The number of aromatic nitrogens is 4.